The number of methoxy groups -OCH3 is 1. The van der Waals surface area contributed by atoms with Crippen molar-refractivity contribution in [2.24, 2.45) is 0 Å². The molecule has 0 saturated heterocycles. The second-order valence-electron chi connectivity index (χ2n) is 2.24. The van der Waals surface area contributed by atoms with E-state index in [4.69, 9.17) is 4.74 Å². The van der Waals surface area contributed by atoms with E-state index in [0.29, 0.717) is 16.9 Å². The summed E-state index contributed by atoms with van der Waals surface area (Å²) < 4.78 is 5.08. The summed E-state index contributed by atoms with van der Waals surface area (Å²) in [6.45, 7) is 0. The molecule has 2 rings (SSSR count). The van der Waals surface area contributed by atoms with Gasteiger partial charge in [0.05, 0.1) is 7.11 Å². The third kappa shape index (κ3) is 0.972. The zero-order chi connectivity index (χ0) is 8.39. The van der Waals surface area contributed by atoms with Gasteiger partial charge in [-0.15, -0.1) is 0 Å². The van der Waals surface area contributed by atoms with Crippen LogP contribution in [0.2, 0.25) is 0 Å². The molecule has 0 aliphatic carbocycles. The molecule has 0 aliphatic heterocycles. The third-order valence-corrected chi connectivity index (χ3v) is 1.55. The SMILES string of the molecule is COc1ccnc2nccnc12. The molecule has 4 nitrogen and oxygen atoms in total. The van der Waals surface area contributed by atoms with Crippen molar-refractivity contribution in [2.45, 2.75) is 0 Å². The monoisotopic (exact) mass is 161 g/mol. The Hall–Kier alpha value is -1.71. The number of ether oxygens (including phenoxy) is 1. The van der Waals surface area contributed by atoms with E-state index in [2.05, 4.69) is 15.0 Å². The number of fused-ring (bicyclic) bond motifs is 1. The van der Waals surface area contributed by atoms with Crippen molar-refractivity contribution < 1.29 is 4.74 Å². The van der Waals surface area contributed by atoms with Gasteiger partial charge in [0.25, 0.3) is 0 Å². The van der Waals surface area contributed by atoms with Crippen LogP contribution in [0.5, 0.6) is 5.75 Å². The molecule has 0 fully saturated rings. The van der Waals surface area contributed by atoms with Gasteiger partial charge >= 0.3 is 0 Å². The Morgan fingerprint density at radius 2 is 1.83 bits per heavy atom. The fourth-order valence-electron chi connectivity index (χ4n) is 1.02. The molecule has 0 aliphatic rings. The minimum Gasteiger partial charge on any atom is -0.494 e. The van der Waals surface area contributed by atoms with E-state index in [9.17, 15) is 0 Å². The lowest BCUT2D eigenvalue weighted by Gasteiger charge is -2.00. The van der Waals surface area contributed by atoms with Crippen LogP contribution in [-0.2, 0) is 0 Å². The van der Waals surface area contributed by atoms with Crippen LogP contribution in [0, 0.1) is 0 Å². The number of pyridine rings is 1. The maximum atomic E-state index is 5.08. The number of nitrogens with zero attached hydrogens (tertiary/aromatic N) is 3. The molecule has 0 N–H and O–H groups in total. The summed E-state index contributed by atoms with van der Waals surface area (Å²) in [4.78, 5) is 12.2. The summed E-state index contributed by atoms with van der Waals surface area (Å²) in [6.07, 6.45) is 4.87. The molecule has 0 amide bonds. The van der Waals surface area contributed by atoms with Gasteiger partial charge in [-0.3, -0.25) is 0 Å². The van der Waals surface area contributed by atoms with Crippen molar-refractivity contribution in [3.8, 4) is 5.75 Å². The van der Waals surface area contributed by atoms with Crippen LogP contribution in [0.4, 0.5) is 0 Å². The van der Waals surface area contributed by atoms with Crippen LogP contribution in [-0.4, -0.2) is 22.1 Å². The molecule has 60 valence electrons. The highest BCUT2D eigenvalue weighted by Gasteiger charge is 2.01. The van der Waals surface area contributed by atoms with Crippen LogP contribution >= 0.6 is 0 Å². The van der Waals surface area contributed by atoms with Crippen molar-refractivity contribution in [3.63, 3.8) is 0 Å². The Bertz CT molecular complexity index is 397. The topological polar surface area (TPSA) is 47.9 Å². The summed E-state index contributed by atoms with van der Waals surface area (Å²) in [7, 11) is 1.60. The molecule has 0 aromatic carbocycles. The van der Waals surface area contributed by atoms with Gasteiger partial charge in [0, 0.05) is 24.7 Å². The smallest absolute Gasteiger partial charge is 0.182 e. The number of rotatable bonds is 1. The maximum Gasteiger partial charge on any atom is 0.182 e. The third-order valence-electron chi connectivity index (χ3n) is 1.55. The molecule has 2 heterocycles. The van der Waals surface area contributed by atoms with E-state index in [0.717, 1.165) is 0 Å². The van der Waals surface area contributed by atoms with Crippen LogP contribution in [0.1, 0.15) is 0 Å². The first kappa shape index (κ1) is 6.97. The van der Waals surface area contributed by atoms with E-state index < -0.39 is 0 Å². The van der Waals surface area contributed by atoms with Gasteiger partial charge in [-0.25, -0.2) is 15.0 Å². The predicted octanol–water partition coefficient (Wildman–Crippen LogP) is 1.03. The predicted molar refractivity (Wildman–Crippen MR) is 43.9 cm³/mol. The van der Waals surface area contributed by atoms with Crippen molar-refractivity contribution >= 4 is 11.2 Å². The second kappa shape index (κ2) is 2.73. The van der Waals surface area contributed by atoms with Crippen molar-refractivity contribution in [3.05, 3.63) is 24.7 Å². The maximum absolute atomic E-state index is 5.08. The normalized spacial score (nSPS) is 10.1. The van der Waals surface area contributed by atoms with Crippen LogP contribution in [0.3, 0.4) is 0 Å². The standard InChI is InChI=1S/C8H7N3O/c1-12-6-2-3-10-8-7(6)9-4-5-11-8/h2-5H,1H3. The molecular weight excluding hydrogens is 154 g/mol. The summed E-state index contributed by atoms with van der Waals surface area (Å²) in [6, 6.07) is 1.76. The quantitative estimate of drug-likeness (QED) is 0.626. The molecule has 0 spiro atoms. The van der Waals surface area contributed by atoms with Gasteiger partial charge in [-0.1, -0.05) is 0 Å². The first-order valence-electron chi connectivity index (χ1n) is 3.51. The Morgan fingerprint density at radius 3 is 2.67 bits per heavy atom. The van der Waals surface area contributed by atoms with Gasteiger partial charge in [0.15, 0.2) is 5.65 Å². The number of hydrogen-bond acceptors (Lipinski definition) is 4. The van der Waals surface area contributed by atoms with Crippen LogP contribution < -0.4 is 4.74 Å². The molecule has 2 aromatic rings. The molecular formula is C8H7N3O. The highest BCUT2D eigenvalue weighted by Crippen LogP contribution is 2.18. The summed E-state index contributed by atoms with van der Waals surface area (Å²) in [5.41, 5.74) is 1.30. The molecule has 0 bridgehead atoms. The molecule has 0 unspecified atom stereocenters. The first-order chi connectivity index (χ1) is 5.92. The molecule has 0 saturated carbocycles. The van der Waals surface area contributed by atoms with Gasteiger partial charge in [0.2, 0.25) is 0 Å². The first-order valence-corrected chi connectivity index (χ1v) is 3.51. The lowest BCUT2D eigenvalue weighted by atomic mass is 10.4. The highest BCUT2D eigenvalue weighted by atomic mass is 16.5. The highest BCUT2D eigenvalue weighted by molar-refractivity contribution is 5.76. The molecule has 0 atom stereocenters. The number of hydrogen-bond donors (Lipinski definition) is 0. The summed E-state index contributed by atoms with van der Waals surface area (Å²) in [5, 5.41) is 0. The van der Waals surface area contributed by atoms with Gasteiger partial charge in [-0.05, 0) is 0 Å². The summed E-state index contributed by atoms with van der Waals surface area (Å²) in [5.74, 6) is 0.702. The van der Waals surface area contributed by atoms with E-state index >= 15 is 0 Å². The van der Waals surface area contributed by atoms with E-state index in [1.807, 2.05) is 0 Å². The second-order valence-corrected chi connectivity index (χ2v) is 2.24. The molecule has 2 aromatic heterocycles. The average Bonchev–Trinajstić information content (AvgIpc) is 2.17. The zero-order valence-electron chi connectivity index (χ0n) is 6.56. The van der Waals surface area contributed by atoms with Crippen molar-refractivity contribution in [1.82, 2.24) is 15.0 Å². The average molecular weight is 161 g/mol. The lowest BCUT2D eigenvalue weighted by molar-refractivity contribution is 0.418. The largest absolute Gasteiger partial charge is 0.494 e. The molecule has 4 heteroatoms. The fraction of sp³-hybridized carbons (Fsp3) is 0.125. The van der Waals surface area contributed by atoms with E-state index in [1.165, 1.54) is 0 Å². The lowest BCUT2D eigenvalue weighted by Crippen LogP contribution is -1.90. The van der Waals surface area contributed by atoms with Gasteiger partial charge < -0.3 is 4.74 Å². The number of aromatic nitrogens is 3. The minimum atomic E-state index is 0.608. The van der Waals surface area contributed by atoms with Crippen molar-refractivity contribution in [1.29, 1.82) is 0 Å². The Balaban J connectivity index is 2.79. The molecule has 0 radical (unpaired) electrons. The Kier molecular flexibility index (Phi) is 1.59. The minimum absolute atomic E-state index is 0.608. The van der Waals surface area contributed by atoms with Gasteiger partial charge in [-0.2, -0.15) is 0 Å². The summed E-state index contributed by atoms with van der Waals surface area (Å²) >= 11 is 0. The Morgan fingerprint density at radius 1 is 1.08 bits per heavy atom. The van der Waals surface area contributed by atoms with E-state index in [1.54, 1.807) is 31.8 Å². The van der Waals surface area contributed by atoms with Crippen LogP contribution in [0.25, 0.3) is 11.2 Å². The van der Waals surface area contributed by atoms with Crippen molar-refractivity contribution in [2.75, 3.05) is 7.11 Å². The van der Waals surface area contributed by atoms with E-state index in [-0.39, 0.29) is 0 Å². The fourth-order valence-corrected chi connectivity index (χ4v) is 1.02. The van der Waals surface area contributed by atoms with Gasteiger partial charge in [0.1, 0.15) is 11.3 Å². The Labute approximate surface area is 69.3 Å². The zero-order valence-corrected chi connectivity index (χ0v) is 6.56. The molecule has 12 heavy (non-hydrogen) atoms. The van der Waals surface area contributed by atoms with Crippen LogP contribution in [0.15, 0.2) is 24.7 Å².